The maximum absolute atomic E-state index is 10.6. The van der Waals surface area contributed by atoms with E-state index in [9.17, 15) is 20.4 Å². The van der Waals surface area contributed by atoms with E-state index in [2.05, 4.69) is 6.92 Å². The highest BCUT2D eigenvalue weighted by molar-refractivity contribution is 5.47. The van der Waals surface area contributed by atoms with Crippen LogP contribution in [-0.2, 0) is 0 Å². The summed E-state index contributed by atoms with van der Waals surface area (Å²) in [7, 11) is 0. The van der Waals surface area contributed by atoms with Crippen molar-refractivity contribution in [3.8, 4) is 23.0 Å². The van der Waals surface area contributed by atoms with Gasteiger partial charge in [-0.2, -0.15) is 0 Å². The van der Waals surface area contributed by atoms with Crippen LogP contribution in [-0.4, -0.2) is 20.4 Å². The Morgan fingerprint density at radius 3 is 0.912 bits per heavy atom. The molecular weight excluding hydrogens is 424 g/mol. The number of phenols is 4. The van der Waals surface area contributed by atoms with E-state index in [0.717, 1.165) is 22.3 Å². The fourth-order valence-corrected chi connectivity index (χ4v) is 4.87. The Labute approximate surface area is 200 Å². The summed E-state index contributed by atoms with van der Waals surface area (Å²) in [6, 6.07) is 28.9. The van der Waals surface area contributed by atoms with Crippen molar-refractivity contribution in [2.24, 2.45) is 5.92 Å². The Balaban J connectivity index is 1.70. The molecule has 4 heteroatoms. The lowest BCUT2D eigenvalue weighted by molar-refractivity contribution is 0.401. The number of aromatic hydroxyl groups is 4. The zero-order valence-electron chi connectivity index (χ0n) is 19.2. The standard InChI is InChI=1S/C30H30O4/c1-20(18-25(21-10-2-6-14-27(21)31)22-11-3-7-15-28(22)32)19-26(23-12-4-8-16-29(23)33)24-13-5-9-17-30(24)34/h2-17,20,25-26,31-34H,18-19H2,1H3. The Kier molecular flexibility index (Phi) is 7.07. The first-order valence-corrected chi connectivity index (χ1v) is 11.6. The van der Waals surface area contributed by atoms with Crippen LogP contribution in [0.2, 0.25) is 0 Å². The lowest BCUT2D eigenvalue weighted by Gasteiger charge is -2.27. The van der Waals surface area contributed by atoms with Gasteiger partial charge < -0.3 is 20.4 Å². The van der Waals surface area contributed by atoms with E-state index in [1.165, 1.54) is 0 Å². The van der Waals surface area contributed by atoms with Gasteiger partial charge in [-0.05, 0) is 43.0 Å². The predicted octanol–water partition coefficient (Wildman–Crippen LogP) is 6.89. The number of rotatable bonds is 8. The third-order valence-corrected chi connectivity index (χ3v) is 6.52. The summed E-state index contributed by atoms with van der Waals surface area (Å²) in [5, 5.41) is 42.4. The molecule has 0 aromatic heterocycles. The second kappa shape index (κ2) is 10.3. The minimum atomic E-state index is -0.216. The third-order valence-electron chi connectivity index (χ3n) is 6.52. The molecule has 0 aliphatic rings. The van der Waals surface area contributed by atoms with Gasteiger partial charge in [0.1, 0.15) is 23.0 Å². The average molecular weight is 455 g/mol. The number of hydrogen-bond acceptors (Lipinski definition) is 4. The van der Waals surface area contributed by atoms with E-state index in [1.807, 2.05) is 48.5 Å². The van der Waals surface area contributed by atoms with E-state index in [0.29, 0.717) is 12.8 Å². The molecule has 4 aromatic rings. The molecule has 0 heterocycles. The van der Waals surface area contributed by atoms with Crippen LogP contribution in [0, 0.1) is 5.92 Å². The summed E-state index contributed by atoms with van der Waals surface area (Å²) in [6.45, 7) is 2.12. The predicted molar refractivity (Wildman–Crippen MR) is 135 cm³/mol. The van der Waals surface area contributed by atoms with Gasteiger partial charge in [0.15, 0.2) is 0 Å². The second-order valence-electron chi connectivity index (χ2n) is 8.92. The summed E-state index contributed by atoms with van der Waals surface area (Å²) in [6.07, 6.45) is 1.32. The van der Waals surface area contributed by atoms with Gasteiger partial charge in [-0.15, -0.1) is 0 Å². The largest absolute Gasteiger partial charge is 0.508 e. The maximum Gasteiger partial charge on any atom is 0.119 e. The fourth-order valence-electron chi connectivity index (χ4n) is 4.87. The summed E-state index contributed by atoms with van der Waals surface area (Å²) in [5.41, 5.74) is 3.05. The fraction of sp³-hybridized carbons (Fsp3) is 0.200. The normalized spacial score (nSPS) is 11.4. The molecule has 0 spiro atoms. The summed E-state index contributed by atoms with van der Waals surface area (Å²) in [4.78, 5) is 0. The van der Waals surface area contributed by atoms with Crippen molar-refractivity contribution in [3.05, 3.63) is 119 Å². The molecule has 34 heavy (non-hydrogen) atoms. The van der Waals surface area contributed by atoms with Crippen molar-refractivity contribution in [1.29, 1.82) is 0 Å². The molecule has 0 amide bonds. The number of para-hydroxylation sites is 4. The molecule has 0 unspecified atom stereocenters. The van der Waals surface area contributed by atoms with Crippen LogP contribution in [0.3, 0.4) is 0 Å². The lowest BCUT2D eigenvalue weighted by Crippen LogP contribution is -2.12. The molecule has 4 rings (SSSR count). The van der Waals surface area contributed by atoms with E-state index < -0.39 is 0 Å². The summed E-state index contributed by atoms with van der Waals surface area (Å²) < 4.78 is 0. The van der Waals surface area contributed by atoms with Crippen molar-refractivity contribution in [1.82, 2.24) is 0 Å². The van der Waals surface area contributed by atoms with Crippen LogP contribution in [0.5, 0.6) is 23.0 Å². The molecule has 0 fully saturated rings. The van der Waals surface area contributed by atoms with Crippen LogP contribution in [0.15, 0.2) is 97.1 Å². The lowest BCUT2D eigenvalue weighted by atomic mass is 9.77. The van der Waals surface area contributed by atoms with Crippen molar-refractivity contribution >= 4 is 0 Å². The van der Waals surface area contributed by atoms with Crippen molar-refractivity contribution in [2.75, 3.05) is 0 Å². The molecular formula is C30H30O4. The van der Waals surface area contributed by atoms with Crippen LogP contribution >= 0.6 is 0 Å². The molecule has 4 nitrogen and oxygen atoms in total. The highest BCUT2D eigenvalue weighted by Crippen LogP contribution is 2.44. The SMILES string of the molecule is CC(CC(c1ccccc1O)c1ccccc1O)CC(c1ccccc1O)c1ccccc1O. The third kappa shape index (κ3) is 5.01. The Hall–Kier alpha value is -3.92. The van der Waals surface area contributed by atoms with Crippen molar-refractivity contribution < 1.29 is 20.4 Å². The van der Waals surface area contributed by atoms with Crippen LogP contribution < -0.4 is 0 Å². The van der Waals surface area contributed by atoms with E-state index >= 15 is 0 Å². The molecule has 0 saturated carbocycles. The Bertz CT molecular complexity index is 1060. The minimum absolute atomic E-state index is 0.119. The highest BCUT2D eigenvalue weighted by Gasteiger charge is 2.27. The second-order valence-corrected chi connectivity index (χ2v) is 8.92. The number of hydrogen-bond donors (Lipinski definition) is 4. The Morgan fingerprint density at radius 2 is 0.676 bits per heavy atom. The first-order chi connectivity index (χ1) is 16.5. The highest BCUT2D eigenvalue weighted by atomic mass is 16.3. The van der Waals surface area contributed by atoms with Gasteiger partial charge in [-0.25, -0.2) is 0 Å². The van der Waals surface area contributed by atoms with E-state index in [4.69, 9.17) is 0 Å². The van der Waals surface area contributed by atoms with Crippen LogP contribution in [0.25, 0.3) is 0 Å². The zero-order chi connectivity index (χ0) is 24.1. The van der Waals surface area contributed by atoms with E-state index in [1.54, 1.807) is 48.5 Å². The molecule has 0 bridgehead atoms. The summed E-state index contributed by atoms with van der Waals surface area (Å²) >= 11 is 0. The molecule has 0 radical (unpaired) electrons. The minimum Gasteiger partial charge on any atom is -0.508 e. The van der Waals surface area contributed by atoms with Gasteiger partial charge in [0.2, 0.25) is 0 Å². The topological polar surface area (TPSA) is 80.9 Å². The molecule has 4 N–H and O–H groups in total. The molecule has 0 aliphatic carbocycles. The number of phenolic OH excluding ortho intramolecular Hbond substituents is 4. The van der Waals surface area contributed by atoms with Gasteiger partial charge in [-0.1, -0.05) is 79.7 Å². The monoisotopic (exact) mass is 454 g/mol. The van der Waals surface area contributed by atoms with Gasteiger partial charge in [-0.3, -0.25) is 0 Å². The number of benzene rings is 4. The van der Waals surface area contributed by atoms with Gasteiger partial charge in [0.05, 0.1) is 0 Å². The van der Waals surface area contributed by atoms with E-state index in [-0.39, 0.29) is 40.8 Å². The molecule has 0 aliphatic heterocycles. The van der Waals surface area contributed by atoms with Crippen molar-refractivity contribution in [2.45, 2.75) is 31.6 Å². The zero-order valence-corrected chi connectivity index (χ0v) is 19.2. The summed E-state index contributed by atoms with van der Waals surface area (Å²) in [5.74, 6) is 0.468. The van der Waals surface area contributed by atoms with Gasteiger partial charge in [0, 0.05) is 34.1 Å². The van der Waals surface area contributed by atoms with Gasteiger partial charge >= 0.3 is 0 Å². The maximum atomic E-state index is 10.6. The Morgan fingerprint density at radius 1 is 0.441 bits per heavy atom. The first kappa shape index (κ1) is 23.2. The first-order valence-electron chi connectivity index (χ1n) is 11.6. The van der Waals surface area contributed by atoms with Crippen LogP contribution in [0.4, 0.5) is 0 Å². The molecule has 0 saturated heterocycles. The molecule has 174 valence electrons. The van der Waals surface area contributed by atoms with Crippen LogP contribution in [0.1, 0.15) is 53.9 Å². The molecule has 0 atom stereocenters. The van der Waals surface area contributed by atoms with Gasteiger partial charge in [0.25, 0.3) is 0 Å². The molecule has 4 aromatic carbocycles. The quantitative estimate of drug-likeness (QED) is 0.234. The van der Waals surface area contributed by atoms with Crippen molar-refractivity contribution in [3.63, 3.8) is 0 Å². The smallest absolute Gasteiger partial charge is 0.119 e. The average Bonchev–Trinajstić information content (AvgIpc) is 2.83.